The molecule has 0 saturated heterocycles. The number of aryl methyl sites for hydroxylation is 1. The van der Waals surface area contributed by atoms with E-state index in [1.807, 2.05) is 18.2 Å². The summed E-state index contributed by atoms with van der Waals surface area (Å²) < 4.78 is 0. The van der Waals surface area contributed by atoms with E-state index in [0.29, 0.717) is 21.7 Å². The molecule has 0 amide bonds. The number of phenols is 1. The molecule has 0 heterocycles. The van der Waals surface area contributed by atoms with E-state index in [4.69, 9.17) is 23.2 Å². The summed E-state index contributed by atoms with van der Waals surface area (Å²) in [5, 5.41) is 14.9. The Balaban J connectivity index is 1.98. The molecule has 0 bridgehead atoms. The molecule has 1 aliphatic carbocycles. The van der Waals surface area contributed by atoms with Crippen molar-refractivity contribution in [2.45, 2.75) is 32.2 Å². The number of hydrogen-bond donors (Lipinski definition) is 2. The van der Waals surface area contributed by atoms with Crippen LogP contribution in [0, 0.1) is 6.92 Å². The van der Waals surface area contributed by atoms with E-state index in [9.17, 15) is 5.11 Å². The third-order valence-corrected chi connectivity index (χ3v) is 4.55. The monoisotopic (exact) mass is 321 g/mol. The fourth-order valence-corrected chi connectivity index (χ4v) is 3.84. The minimum atomic E-state index is 0.0735. The number of rotatable bonds is 2. The third-order valence-electron chi connectivity index (χ3n) is 4.12. The van der Waals surface area contributed by atoms with Gasteiger partial charge in [-0.05, 0) is 54.7 Å². The van der Waals surface area contributed by atoms with Crippen molar-refractivity contribution in [3.05, 3.63) is 57.1 Å². The Hall–Kier alpha value is -1.38. The van der Waals surface area contributed by atoms with Crippen LogP contribution < -0.4 is 5.32 Å². The van der Waals surface area contributed by atoms with Crippen LogP contribution in [-0.4, -0.2) is 5.11 Å². The molecular weight excluding hydrogens is 305 g/mol. The molecule has 0 aliphatic heterocycles. The first kappa shape index (κ1) is 14.6. The molecule has 0 radical (unpaired) electrons. The lowest BCUT2D eigenvalue weighted by molar-refractivity contribution is 0.465. The highest BCUT2D eigenvalue weighted by atomic mass is 35.5. The fraction of sp³-hybridized carbons (Fsp3) is 0.294. The van der Waals surface area contributed by atoms with Gasteiger partial charge in [0.2, 0.25) is 0 Å². The molecule has 2 atom stereocenters. The average molecular weight is 322 g/mol. The van der Waals surface area contributed by atoms with Crippen LogP contribution >= 0.6 is 23.2 Å². The summed E-state index contributed by atoms with van der Waals surface area (Å²) in [6.07, 6.45) is 0.942. The normalized spacial score (nSPS) is 20.4. The lowest BCUT2D eigenvalue weighted by atomic mass is 9.97. The number of aromatic hydroxyl groups is 1. The van der Waals surface area contributed by atoms with Crippen LogP contribution in [0.1, 0.15) is 42.0 Å². The van der Waals surface area contributed by atoms with Crippen molar-refractivity contribution in [3.63, 3.8) is 0 Å². The van der Waals surface area contributed by atoms with Gasteiger partial charge < -0.3 is 10.4 Å². The molecule has 0 spiro atoms. The van der Waals surface area contributed by atoms with Gasteiger partial charge in [-0.15, -0.1) is 0 Å². The smallest absolute Gasteiger partial charge is 0.121 e. The van der Waals surface area contributed by atoms with E-state index < -0.39 is 0 Å². The van der Waals surface area contributed by atoms with Crippen LogP contribution in [0.4, 0.5) is 5.69 Å². The number of benzene rings is 2. The Bertz CT molecular complexity index is 679. The van der Waals surface area contributed by atoms with Gasteiger partial charge in [0.15, 0.2) is 0 Å². The maximum absolute atomic E-state index is 10.2. The number of hydrogen-bond acceptors (Lipinski definition) is 2. The number of nitrogens with one attached hydrogen (secondary N) is 1. The highest BCUT2D eigenvalue weighted by Gasteiger charge is 2.32. The van der Waals surface area contributed by atoms with Gasteiger partial charge in [0.05, 0.1) is 6.04 Å². The largest absolute Gasteiger partial charge is 0.508 e. The van der Waals surface area contributed by atoms with Crippen LogP contribution in [0.15, 0.2) is 30.3 Å². The van der Waals surface area contributed by atoms with Gasteiger partial charge in [0, 0.05) is 21.3 Å². The van der Waals surface area contributed by atoms with Crippen LogP contribution in [0.3, 0.4) is 0 Å². The first-order valence-electron chi connectivity index (χ1n) is 7.00. The minimum absolute atomic E-state index is 0.0735. The third kappa shape index (κ3) is 2.70. The molecule has 2 aromatic rings. The first-order valence-corrected chi connectivity index (χ1v) is 7.76. The van der Waals surface area contributed by atoms with Crippen molar-refractivity contribution in [2.75, 3.05) is 5.32 Å². The Morgan fingerprint density at radius 2 is 1.76 bits per heavy atom. The lowest BCUT2D eigenvalue weighted by Crippen LogP contribution is -2.07. The molecule has 2 aromatic carbocycles. The standard InChI is InChI=1S/C17H17Cl2NO/c1-9-3-4-15(21)17-14(5-10(2)16(9)17)20-13-7-11(18)6-12(19)8-13/h3-4,6-8,10,14,20-21H,5H2,1-2H3. The SMILES string of the molecule is Cc1ccc(O)c2c1C(C)CC2Nc1cc(Cl)cc(Cl)c1. The molecule has 4 heteroatoms. The summed E-state index contributed by atoms with van der Waals surface area (Å²) in [7, 11) is 0. The van der Waals surface area contributed by atoms with Crippen molar-refractivity contribution in [3.8, 4) is 5.75 Å². The fourth-order valence-electron chi connectivity index (χ4n) is 3.31. The number of anilines is 1. The van der Waals surface area contributed by atoms with E-state index in [0.717, 1.165) is 17.7 Å². The summed E-state index contributed by atoms with van der Waals surface area (Å²) in [5.74, 6) is 0.768. The van der Waals surface area contributed by atoms with E-state index in [2.05, 4.69) is 19.2 Å². The highest BCUT2D eigenvalue weighted by Crippen LogP contribution is 2.47. The molecular formula is C17H17Cl2NO. The molecule has 2 N–H and O–H groups in total. The van der Waals surface area contributed by atoms with Gasteiger partial charge in [-0.1, -0.05) is 36.2 Å². The van der Waals surface area contributed by atoms with Gasteiger partial charge in [0.1, 0.15) is 5.75 Å². The Morgan fingerprint density at radius 3 is 2.43 bits per heavy atom. The minimum Gasteiger partial charge on any atom is -0.508 e. The second-order valence-corrected chi connectivity index (χ2v) is 6.59. The first-order chi connectivity index (χ1) is 9.95. The Labute approximate surface area is 134 Å². The second kappa shape index (κ2) is 5.43. The van der Waals surface area contributed by atoms with Crippen molar-refractivity contribution in [2.24, 2.45) is 0 Å². The maximum atomic E-state index is 10.2. The molecule has 2 unspecified atom stereocenters. The molecule has 110 valence electrons. The van der Waals surface area contributed by atoms with Crippen LogP contribution in [0.5, 0.6) is 5.75 Å². The van der Waals surface area contributed by atoms with Gasteiger partial charge in [0.25, 0.3) is 0 Å². The zero-order chi connectivity index (χ0) is 15.1. The zero-order valence-electron chi connectivity index (χ0n) is 12.0. The number of fused-ring (bicyclic) bond motifs is 1. The van der Waals surface area contributed by atoms with E-state index in [-0.39, 0.29) is 6.04 Å². The molecule has 0 aromatic heterocycles. The second-order valence-electron chi connectivity index (χ2n) is 5.72. The Kier molecular flexibility index (Phi) is 3.76. The van der Waals surface area contributed by atoms with Gasteiger partial charge >= 0.3 is 0 Å². The number of halogens is 2. The summed E-state index contributed by atoms with van der Waals surface area (Å²) in [6, 6.07) is 9.23. The average Bonchev–Trinajstić information content (AvgIpc) is 2.71. The summed E-state index contributed by atoms with van der Waals surface area (Å²) in [6.45, 7) is 4.28. The molecule has 3 rings (SSSR count). The predicted octanol–water partition coefficient (Wildman–Crippen LogP) is 5.67. The topological polar surface area (TPSA) is 32.3 Å². The van der Waals surface area contributed by atoms with Gasteiger partial charge in [-0.2, -0.15) is 0 Å². The molecule has 1 aliphatic rings. The van der Waals surface area contributed by atoms with E-state index in [1.165, 1.54) is 11.1 Å². The molecule has 2 nitrogen and oxygen atoms in total. The predicted molar refractivity (Wildman–Crippen MR) is 88.7 cm³/mol. The van der Waals surface area contributed by atoms with Gasteiger partial charge in [-0.25, -0.2) is 0 Å². The molecule has 21 heavy (non-hydrogen) atoms. The maximum Gasteiger partial charge on any atom is 0.121 e. The van der Waals surface area contributed by atoms with Crippen LogP contribution in [0.2, 0.25) is 10.0 Å². The van der Waals surface area contributed by atoms with Crippen molar-refractivity contribution >= 4 is 28.9 Å². The van der Waals surface area contributed by atoms with Crippen molar-refractivity contribution in [1.82, 2.24) is 0 Å². The van der Waals surface area contributed by atoms with Crippen LogP contribution in [0.25, 0.3) is 0 Å². The highest BCUT2D eigenvalue weighted by molar-refractivity contribution is 6.35. The molecule has 0 saturated carbocycles. The summed E-state index contributed by atoms with van der Waals surface area (Å²) in [4.78, 5) is 0. The van der Waals surface area contributed by atoms with Gasteiger partial charge in [-0.3, -0.25) is 0 Å². The van der Waals surface area contributed by atoms with Crippen molar-refractivity contribution < 1.29 is 5.11 Å². The summed E-state index contributed by atoms with van der Waals surface area (Å²) >= 11 is 12.1. The van der Waals surface area contributed by atoms with Crippen LogP contribution in [-0.2, 0) is 0 Å². The van der Waals surface area contributed by atoms with E-state index >= 15 is 0 Å². The van der Waals surface area contributed by atoms with Crippen molar-refractivity contribution in [1.29, 1.82) is 0 Å². The van der Waals surface area contributed by atoms with E-state index in [1.54, 1.807) is 12.1 Å². The zero-order valence-corrected chi connectivity index (χ0v) is 13.5. The number of phenolic OH excluding ortho intramolecular Hbond substituents is 1. The Morgan fingerprint density at radius 1 is 1.10 bits per heavy atom. The lowest BCUT2D eigenvalue weighted by Gasteiger charge is -2.17. The summed E-state index contributed by atoms with van der Waals surface area (Å²) in [5.41, 5.74) is 4.35. The quantitative estimate of drug-likeness (QED) is 0.747. The molecule has 0 fully saturated rings.